The van der Waals surface area contributed by atoms with Gasteiger partial charge in [0.15, 0.2) is 0 Å². The number of likely N-dealkylation sites (tertiary alicyclic amines) is 1. The van der Waals surface area contributed by atoms with Crippen molar-refractivity contribution >= 4 is 34.9 Å². The van der Waals surface area contributed by atoms with E-state index >= 15 is 0 Å². The smallest absolute Gasteiger partial charge is 0.410 e. The molecular weight excluding hydrogens is 328 g/mol. The number of anilines is 1. The molecule has 0 atom stereocenters. The number of amides is 2. The molecule has 3 rings (SSSR count). The number of benzene rings is 1. The second-order valence-corrected chi connectivity index (χ2v) is 7.47. The zero-order valence-electron chi connectivity index (χ0n) is 14.1. The summed E-state index contributed by atoms with van der Waals surface area (Å²) in [6, 6.07) is 5.51. The van der Waals surface area contributed by atoms with E-state index in [2.05, 4.69) is 5.32 Å². The molecular formula is C18H21ClN2O3. The second-order valence-electron chi connectivity index (χ2n) is 7.06. The first kappa shape index (κ1) is 16.8. The van der Waals surface area contributed by atoms with E-state index in [9.17, 15) is 9.59 Å². The average molecular weight is 349 g/mol. The minimum atomic E-state index is -0.503. The van der Waals surface area contributed by atoms with E-state index in [1.165, 1.54) is 0 Å². The number of piperidine rings is 1. The third kappa shape index (κ3) is 3.26. The molecule has 128 valence electrons. The summed E-state index contributed by atoms with van der Waals surface area (Å²) in [7, 11) is 0. The van der Waals surface area contributed by atoms with Crippen molar-refractivity contribution in [2.24, 2.45) is 0 Å². The maximum absolute atomic E-state index is 12.4. The van der Waals surface area contributed by atoms with Crippen LogP contribution in [0.3, 0.4) is 0 Å². The Balaban J connectivity index is 1.78. The number of nitrogens with zero attached hydrogens (tertiary/aromatic N) is 1. The quantitative estimate of drug-likeness (QED) is 0.719. The van der Waals surface area contributed by atoms with Gasteiger partial charge in [0.1, 0.15) is 5.60 Å². The molecule has 1 saturated heterocycles. The molecule has 6 heteroatoms. The van der Waals surface area contributed by atoms with E-state index in [0.717, 1.165) is 11.1 Å². The second kappa shape index (κ2) is 6.13. The van der Waals surface area contributed by atoms with Crippen molar-refractivity contribution in [2.75, 3.05) is 18.4 Å². The number of para-hydroxylation sites is 1. The Bertz CT molecular complexity index is 724. The van der Waals surface area contributed by atoms with Crippen molar-refractivity contribution < 1.29 is 14.3 Å². The Morgan fingerprint density at radius 1 is 1.25 bits per heavy atom. The Morgan fingerprint density at radius 2 is 1.92 bits per heavy atom. The van der Waals surface area contributed by atoms with Gasteiger partial charge in [0, 0.05) is 24.2 Å². The molecule has 2 amide bonds. The van der Waals surface area contributed by atoms with Crippen molar-refractivity contribution in [1.29, 1.82) is 0 Å². The van der Waals surface area contributed by atoms with Crippen molar-refractivity contribution in [3.8, 4) is 0 Å². The molecule has 1 aromatic rings. The molecule has 0 saturated carbocycles. The largest absolute Gasteiger partial charge is 0.444 e. The molecule has 0 unspecified atom stereocenters. The van der Waals surface area contributed by atoms with Gasteiger partial charge in [0.05, 0.1) is 10.7 Å². The number of nitrogens with one attached hydrogen (secondary N) is 1. The number of carbonyl (C=O) groups is 2. The van der Waals surface area contributed by atoms with E-state index in [0.29, 0.717) is 42.2 Å². The molecule has 0 radical (unpaired) electrons. The molecule has 0 bridgehead atoms. The summed E-state index contributed by atoms with van der Waals surface area (Å²) in [5.74, 6) is -0.112. The van der Waals surface area contributed by atoms with Crippen molar-refractivity contribution in [1.82, 2.24) is 4.90 Å². The third-order valence-electron chi connectivity index (χ3n) is 4.12. The summed E-state index contributed by atoms with van der Waals surface area (Å²) in [5.41, 5.74) is 2.80. The van der Waals surface area contributed by atoms with Gasteiger partial charge in [0.25, 0.3) is 5.91 Å². The molecule has 0 spiro atoms. The monoisotopic (exact) mass is 348 g/mol. The maximum atomic E-state index is 12.4. The molecule has 1 fully saturated rings. The SMILES string of the molecule is CC(C)(C)OC(=O)N1CCC(=C2C(=O)Nc3c(Cl)cccc32)CC1. The number of fused-ring (bicyclic) bond motifs is 1. The minimum absolute atomic E-state index is 0.112. The zero-order valence-corrected chi connectivity index (χ0v) is 14.9. The molecule has 1 aromatic carbocycles. The molecule has 24 heavy (non-hydrogen) atoms. The predicted molar refractivity (Wildman–Crippen MR) is 94.0 cm³/mol. The van der Waals surface area contributed by atoms with Crippen LogP contribution in [0.2, 0.25) is 5.02 Å². The van der Waals surface area contributed by atoms with E-state index in [1.54, 1.807) is 11.0 Å². The Labute approximate surface area is 146 Å². The normalized spacial score (nSPS) is 17.7. The molecule has 0 aliphatic carbocycles. The number of hydrogen-bond acceptors (Lipinski definition) is 3. The molecule has 0 aromatic heterocycles. The number of hydrogen-bond donors (Lipinski definition) is 1. The molecule has 1 N–H and O–H groups in total. The zero-order chi connectivity index (χ0) is 17.5. The third-order valence-corrected chi connectivity index (χ3v) is 4.44. The molecule has 2 aliphatic rings. The maximum Gasteiger partial charge on any atom is 0.410 e. The summed E-state index contributed by atoms with van der Waals surface area (Å²) in [4.78, 5) is 26.2. The van der Waals surface area contributed by atoms with Gasteiger partial charge < -0.3 is 15.0 Å². The Kier molecular flexibility index (Phi) is 4.30. The van der Waals surface area contributed by atoms with Crippen molar-refractivity contribution in [3.05, 3.63) is 34.4 Å². The number of carbonyl (C=O) groups excluding carboxylic acids is 2. The molecule has 2 heterocycles. The highest BCUT2D eigenvalue weighted by atomic mass is 35.5. The lowest BCUT2D eigenvalue weighted by Gasteiger charge is -2.31. The van der Waals surface area contributed by atoms with Gasteiger partial charge in [0.2, 0.25) is 0 Å². The first-order valence-electron chi connectivity index (χ1n) is 8.06. The van der Waals surface area contributed by atoms with E-state index < -0.39 is 5.60 Å². The number of halogens is 1. The fourth-order valence-corrected chi connectivity index (χ4v) is 3.27. The van der Waals surface area contributed by atoms with Crippen LogP contribution in [0.25, 0.3) is 5.57 Å². The first-order valence-corrected chi connectivity index (χ1v) is 8.44. The van der Waals surface area contributed by atoms with Gasteiger partial charge in [-0.3, -0.25) is 4.79 Å². The number of rotatable bonds is 0. The lowest BCUT2D eigenvalue weighted by atomic mass is 9.94. The van der Waals surface area contributed by atoms with E-state index in [4.69, 9.17) is 16.3 Å². The highest BCUT2D eigenvalue weighted by molar-refractivity contribution is 6.39. The fraction of sp³-hybridized carbons (Fsp3) is 0.444. The summed E-state index contributed by atoms with van der Waals surface area (Å²) in [6.45, 7) is 6.66. The summed E-state index contributed by atoms with van der Waals surface area (Å²) >= 11 is 6.16. The minimum Gasteiger partial charge on any atom is -0.444 e. The summed E-state index contributed by atoms with van der Waals surface area (Å²) in [5, 5.41) is 3.39. The lowest BCUT2D eigenvalue weighted by Crippen LogP contribution is -2.40. The van der Waals surface area contributed by atoms with Gasteiger partial charge in [-0.15, -0.1) is 0 Å². The highest BCUT2D eigenvalue weighted by Gasteiger charge is 2.31. The van der Waals surface area contributed by atoms with Gasteiger partial charge in [-0.1, -0.05) is 29.3 Å². The van der Waals surface area contributed by atoms with Crippen LogP contribution in [0.15, 0.2) is 23.8 Å². The Hall–Kier alpha value is -2.01. The van der Waals surface area contributed by atoms with Gasteiger partial charge in [-0.2, -0.15) is 0 Å². The van der Waals surface area contributed by atoms with Crippen LogP contribution >= 0.6 is 11.6 Å². The van der Waals surface area contributed by atoms with Crippen LogP contribution in [0.5, 0.6) is 0 Å². The summed E-state index contributed by atoms with van der Waals surface area (Å²) in [6.07, 6.45) is 1.02. The molecule has 5 nitrogen and oxygen atoms in total. The van der Waals surface area contributed by atoms with Crippen LogP contribution in [0.1, 0.15) is 39.2 Å². The molecule has 2 aliphatic heterocycles. The van der Waals surface area contributed by atoms with E-state index in [1.807, 2.05) is 32.9 Å². The standard InChI is InChI=1S/C18H21ClN2O3/c1-18(2,3)24-17(23)21-9-7-11(8-10-21)14-12-5-4-6-13(19)15(12)20-16(14)22/h4-6H,7-10H2,1-3H3,(H,20,22). The van der Waals surface area contributed by atoms with Crippen LogP contribution < -0.4 is 5.32 Å². The topological polar surface area (TPSA) is 58.6 Å². The van der Waals surface area contributed by atoms with Gasteiger partial charge in [-0.05, 0) is 39.7 Å². The highest BCUT2D eigenvalue weighted by Crippen LogP contribution is 2.40. The van der Waals surface area contributed by atoms with Crippen molar-refractivity contribution in [3.63, 3.8) is 0 Å². The average Bonchev–Trinajstić information content (AvgIpc) is 2.83. The van der Waals surface area contributed by atoms with Gasteiger partial charge >= 0.3 is 6.09 Å². The first-order chi connectivity index (χ1) is 11.3. The Morgan fingerprint density at radius 3 is 2.54 bits per heavy atom. The van der Waals surface area contributed by atoms with Crippen LogP contribution in [-0.4, -0.2) is 35.6 Å². The lowest BCUT2D eigenvalue weighted by molar-refractivity contribution is -0.110. The van der Waals surface area contributed by atoms with Crippen LogP contribution in [-0.2, 0) is 9.53 Å². The van der Waals surface area contributed by atoms with Crippen LogP contribution in [0.4, 0.5) is 10.5 Å². The van der Waals surface area contributed by atoms with Crippen molar-refractivity contribution in [2.45, 2.75) is 39.2 Å². The van der Waals surface area contributed by atoms with E-state index in [-0.39, 0.29) is 12.0 Å². The fourth-order valence-electron chi connectivity index (χ4n) is 3.04. The number of ether oxygens (including phenoxy) is 1. The van der Waals surface area contributed by atoms with Gasteiger partial charge in [-0.25, -0.2) is 4.79 Å². The predicted octanol–water partition coefficient (Wildman–Crippen LogP) is 4.08. The van der Waals surface area contributed by atoms with Crippen LogP contribution in [0, 0.1) is 0 Å². The summed E-state index contributed by atoms with van der Waals surface area (Å²) < 4.78 is 5.41.